The smallest absolute Gasteiger partial charge is 0.289 e. The fraction of sp³-hybridized carbons (Fsp3) is 0.353. The van der Waals surface area contributed by atoms with Gasteiger partial charge in [0.1, 0.15) is 11.6 Å². The number of furan rings is 1. The third-order valence-corrected chi connectivity index (χ3v) is 3.92. The number of piperidine rings is 1. The Bertz CT molecular complexity index is 693. The molecule has 1 saturated heterocycles. The third-order valence-electron chi connectivity index (χ3n) is 3.92. The number of carbonyl (C=O) groups excluding carboxylic acids is 1. The molecule has 1 aromatic carbocycles. The van der Waals surface area contributed by atoms with Crippen LogP contribution in [0.1, 0.15) is 30.3 Å². The molecule has 2 aromatic rings. The maximum Gasteiger partial charge on any atom is 0.289 e. The lowest BCUT2D eigenvalue weighted by atomic mass is 9.95. The number of aliphatic hydroxyl groups is 1. The first-order valence-electron chi connectivity index (χ1n) is 7.33. The number of β-amino-alcohol motifs (C(OH)–C–C–N with tert-alkyl or cyclic N) is 1. The van der Waals surface area contributed by atoms with Gasteiger partial charge in [-0.2, -0.15) is 0 Å². The predicted molar refractivity (Wildman–Crippen MR) is 79.9 cm³/mol. The lowest BCUT2D eigenvalue weighted by molar-refractivity contribution is -0.0117. The fourth-order valence-electron chi connectivity index (χ4n) is 2.81. The molecule has 1 atom stereocenters. The Morgan fingerprint density at radius 3 is 2.82 bits per heavy atom. The highest BCUT2D eigenvalue weighted by atomic mass is 19.1. The second kappa shape index (κ2) is 5.57. The van der Waals surface area contributed by atoms with Crippen molar-refractivity contribution < 1.29 is 18.7 Å². The van der Waals surface area contributed by atoms with Gasteiger partial charge in [-0.25, -0.2) is 4.39 Å². The minimum Gasteiger partial charge on any atom is -0.451 e. The van der Waals surface area contributed by atoms with Crippen molar-refractivity contribution in [1.82, 2.24) is 4.90 Å². The minimum absolute atomic E-state index is 0.163. The van der Waals surface area contributed by atoms with E-state index in [1.807, 2.05) is 0 Å². The maximum absolute atomic E-state index is 13.8. The largest absolute Gasteiger partial charge is 0.451 e. The van der Waals surface area contributed by atoms with Crippen molar-refractivity contribution in [1.29, 1.82) is 0 Å². The molecule has 2 heterocycles. The predicted octanol–water partition coefficient (Wildman–Crippen LogP) is 3.07. The van der Waals surface area contributed by atoms with Gasteiger partial charge < -0.3 is 14.4 Å². The highest BCUT2D eigenvalue weighted by molar-refractivity contribution is 5.92. The second-order valence-corrected chi connectivity index (χ2v) is 5.97. The van der Waals surface area contributed by atoms with E-state index in [1.165, 1.54) is 6.07 Å². The van der Waals surface area contributed by atoms with Crippen molar-refractivity contribution in [2.45, 2.75) is 25.4 Å². The number of rotatable bonds is 2. The summed E-state index contributed by atoms with van der Waals surface area (Å²) in [4.78, 5) is 14.0. The van der Waals surface area contributed by atoms with Gasteiger partial charge in [0.2, 0.25) is 0 Å². The molecule has 1 unspecified atom stereocenters. The Morgan fingerprint density at radius 1 is 1.32 bits per heavy atom. The van der Waals surface area contributed by atoms with Crippen LogP contribution < -0.4 is 0 Å². The molecule has 1 aromatic heterocycles. The van der Waals surface area contributed by atoms with Gasteiger partial charge in [0.15, 0.2) is 5.76 Å². The molecule has 0 saturated carbocycles. The molecule has 0 spiro atoms. The van der Waals surface area contributed by atoms with Crippen LogP contribution in [0.25, 0.3) is 11.3 Å². The number of halogens is 1. The van der Waals surface area contributed by atoms with E-state index < -0.39 is 11.4 Å². The molecule has 3 rings (SSSR count). The van der Waals surface area contributed by atoms with Crippen molar-refractivity contribution >= 4 is 5.91 Å². The first-order valence-corrected chi connectivity index (χ1v) is 7.33. The molecule has 1 aliphatic heterocycles. The summed E-state index contributed by atoms with van der Waals surface area (Å²) < 4.78 is 19.3. The van der Waals surface area contributed by atoms with Crippen molar-refractivity contribution in [2.75, 3.05) is 13.1 Å². The molecule has 22 heavy (non-hydrogen) atoms. The van der Waals surface area contributed by atoms with E-state index in [0.717, 1.165) is 6.42 Å². The van der Waals surface area contributed by atoms with Crippen LogP contribution >= 0.6 is 0 Å². The first kappa shape index (κ1) is 14.8. The highest BCUT2D eigenvalue weighted by Gasteiger charge is 2.32. The van der Waals surface area contributed by atoms with E-state index in [9.17, 15) is 14.3 Å². The summed E-state index contributed by atoms with van der Waals surface area (Å²) >= 11 is 0. The number of nitrogens with zero attached hydrogens (tertiary/aromatic N) is 1. The minimum atomic E-state index is -0.866. The van der Waals surface area contributed by atoms with Gasteiger partial charge in [-0.15, -0.1) is 0 Å². The topological polar surface area (TPSA) is 53.7 Å². The van der Waals surface area contributed by atoms with E-state index in [0.29, 0.717) is 24.3 Å². The summed E-state index contributed by atoms with van der Waals surface area (Å²) in [5, 5.41) is 10.1. The average molecular weight is 303 g/mol. The number of hydrogen-bond acceptors (Lipinski definition) is 3. The number of benzene rings is 1. The standard InChI is InChI=1S/C17H18FNO3/c1-17(21)9-4-10-19(11-17)16(20)15-8-7-14(22-15)12-5-2-3-6-13(12)18/h2-3,5-8,21H,4,9-11H2,1H3. The maximum atomic E-state index is 13.8. The fourth-order valence-corrected chi connectivity index (χ4v) is 2.81. The summed E-state index contributed by atoms with van der Waals surface area (Å²) in [6.45, 7) is 2.59. The molecule has 1 N–H and O–H groups in total. The molecule has 0 radical (unpaired) electrons. The molecule has 1 fully saturated rings. The molecule has 116 valence electrons. The van der Waals surface area contributed by atoms with Gasteiger partial charge in [0.25, 0.3) is 5.91 Å². The van der Waals surface area contributed by atoms with Crippen molar-refractivity contribution in [2.24, 2.45) is 0 Å². The van der Waals surface area contributed by atoms with Crippen LogP contribution in [-0.2, 0) is 0 Å². The SMILES string of the molecule is CC1(O)CCCN(C(=O)c2ccc(-c3ccccc3F)o2)C1. The first-order chi connectivity index (χ1) is 10.5. The zero-order chi connectivity index (χ0) is 15.7. The van der Waals surface area contributed by atoms with Crippen LogP contribution in [0.15, 0.2) is 40.8 Å². The summed E-state index contributed by atoms with van der Waals surface area (Å²) in [6, 6.07) is 9.41. The summed E-state index contributed by atoms with van der Waals surface area (Å²) in [5.74, 6) is -0.180. The Kier molecular flexibility index (Phi) is 3.74. The Labute approximate surface area is 128 Å². The van der Waals surface area contributed by atoms with Crippen molar-refractivity contribution in [3.63, 3.8) is 0 Å². The van der Waals surface area contributed by atoms with Crippen LogP contribution in [0.3, 0.4) is 0 Å². The molecular formula is C17H18FNO3. The van der Waals surface area contributed by atoms with Crippen LogP contribution in [0.4, 0.5) is 4.39 Å². The van der Waals surface area contributed by atoms with Gasteiger partial charge in [-0.05, 0) is 44.0 Å². The van der Waals surface area contributed by atoms with Crippen LogP contribution in [-0.4, -0.2) is 34.6 Å². The number of hydrogen-bond donors (Lipinski definition) is 1. The lowest BCUT2D eigenvalue weighted by Gasteiger charge is -2.36. The molecule has 1 amide bonds. The quantitative estimate of drug-likeness (QED) is 0.927. The molecule has 1 aliphatic rings. The Hall–Kier alpha value is -2.14. The van der Waals surface area contributed by atoms with Crippen molar-refractivity contribution in [3.8, 4) is 11.3 Å². The van der Waals surface area contributed by atoms with Gasteiger partial charge in [-0.1, -0.05) is 12.1 Å². The van der Waals surface area contributed by atoms with Gasteiger partial charge >= 0.3 is 0 Å². The van der Waals surface area contributed by atoms with Gasteiger partial charge in [0, 0.05) is 13.1 Å². The summed E-state index contributed by atoms with van der Waals surface area (Å²) in [6.07, 6.45) is 1.43. The van der Waals surface area contributed by atoms with Crippen LogP contribution in [0.5, 0.6) is 0 Å². The van der Waals surface area contributed by atoms with E-state index in [4.69, 9.17) is 4.42 Å². The molecule has 5 heteroatoms. The van der Waals surface area contributed by atoms with E-state index >= 15 is 0 Å². The number of carbonyl (C=O) groups is 1. The van der Waals surface area contributed by atoms with Gasteiger partial charge in [-0.3, -0.25) is 4.79 Å². The summed E-state index contributed by atoms with van der Waals surface area (Å²) in [7, 11) is 0. The normalized spacial score (nSPS) is 21.9. The Balaban J connectivity index is 1.82. The molecule has 0 aliphatic carbocycles. The molecule has 4 nitrogen and oxygen atoms in total. The second-order valence-electron chi connectivity index (χ2n) is 5.97. The zero-order valence-electron chi connectivity index (χ0n) is 12.4. The molecule has 0 bridgehead atoms. The lowest BCUT2D eigenvalue weighted by Crippen LogP contribution is -2.48. The van der Waals surface area contributed by atoms with Crippen LogP contribution in [0, 0.1) is 5.82 Å². The molecular weight excluding hydrogens is 285 g/mol. The van der Waals surface area contributed by atoms with E-state index in [-0.39, 0.29) is 18.2 Å². The zero-order valence-corrected chi connectivity index (χ0v) is 12.4. The average Bonchev–Trinajstić information content (AvgIpc) is 2.95. The third kappa shape index (κ3) is 2.90. The van der Waals surface area contributed by atoms with Gasteiger partial charge in [0.05, 0.1) is 11.2 Å². The highest BCUT2D eigenvalue weighted by Crippen LogP contribution is 2.27. The van der Waals surface area contributed by atoms with Crippen LogP contribution in [0.2, 0.25) is 0 Å². The van der Waals surface area contributed by atoms with E-state index in [2.05, 4.69) is 0 Å². The monoisotopic (exact) mass is 303 g/mol. The van der Waals surface area contributed by atoms with Crippen molar-refractivity contribution in [3.05, 3.63) is 48.0 Å². The summed E-state index contributed by atoms with van der Waals surface area (Å²) in [5.41, 5.74) is -0.540. The number of likely N-dealkylation sites (tertiary alicyclic amines) is 1. The van der Waals surface area contributed by atoms with E-state index in [1.54, 1.807) is 42.2 Å². The number of amides is 1. The Morgan fingerprint density at radius 2 is 2.09 bits per heavy atom.